The SMILES string of the molecule is CC1(C)CCC(CN2CCN(c3ccc(C(=O)NS(=O)(=O)c4ccc(NCC5CCN(C(=O)CCCCNc6cccc7c6C(=O)N(C6CCC(=O)NC6=O)C7=O)CC5)c(NO)c4)c(Oc4cnc5[nH]ccc5c4)c3)CC2)=C(c2ccc(Cl)cc2)C1. The second kappa shape index (κ2) is 25.3. The molecule has 3 fully saturated rings. The molecule has 1 aliphatic carbocycles. The summed E-state index contributed by atoms with van der Waals surface area (Å²) in [6.07, 6.45) is 9.52. The average molecular weight is 1210 g/mol. The van der Waals surface area contributed by atoms with Crippen molar-refractivity contribution in [2.24, 2.45) is 11.3 Å². The van der Waals surface area contributed by atoms with E-state index in [4.69, 9.17) is 16.3 Å². The van der Waals surface area contributed by atoms with E-state index in [1.54, 1.807) is 48.7 Å². The van der Waals surface area contributed by atoms with Gasteiger partial charge in [-0.1, -0.05) is 49.2 Å². The number of ether oxygens (including phenoxy) is 1. The van der Waals surface area contributed by atoms with Gasteiger partial charge in [-0.05, 0) is 141 Å². The molecule has 11 rings (SSSR count). The molecule has 2 aromatic heterocycles. The van der Waals surface area contributed by atoms with Gasteiger partial charge in [-0.2, -0.15) is 0 Å². The van der Waals surface area contributed by atoms with Crippen LogP contribution in [0.4, 0.5) is 22.7 Å². The molecule has 4 aromatic carbocycles. The van der Waals surface area contributed by atoms with Crippen molar-refractivity contribution in [3.05, 3.63) is 136 Å². The van der Waals surface area contributed by atoms with Crippen LogP contribution < -0.4 is 35.8 Å². The molecule has 0 bridgehead atoms. The van der Waals surface area contributed by atoms with Crippen molar-refractivity contribution in [2.75, 3.05) is 79.9 Å². The number of allylic oxidation sites excluding steroid dienone is 1. The van der Waals surface area contributed by atoms with Crippen molar-refractivity contribution in [3.63, 3.8) is 0 Å². The molecule has 86 heavy (non-hydrogen) atoms. The van der Waals surface area contributed by atoms with Crippen LogP contribution in [0.2, 0.25) is 5.02 Å². The maximum absolute atomic E-state index is 14.2. The number of fused-ring (bicyclic) bond motifs is 2. The fourth-order valence-electron chi connectivity index (χ4n) is 12.2. The van der Waals surface area contributed by atoms with E-state index in [-0.39, 0.29) is 63.1 Å². The summed E-state index contributed by atoms with van der Waals surface area (Å²) in [5.41, 5.74) is 9.21. The summed E-state index contributed by atoms with van der Waals surface area (Å²) in [5.74, 6) is -2.49. The van der Waals surface area contributed by atoms with E-state index in [2.05, 4.69) is 71.9 Å². The van der Waals surface area contributed by atoms with Gasteiger partial charge >= 0.3 is 0 Å². The maximum Gasteiger partial charge on any atom is 0.268 e. The Balaban J connectivity index is 0.668. The highest BCUT2D eigenvalue weighted by Gasteiger charge is 2.46. The van der Waals surface area contributed by atoms with Crippen LogP contribution in [0, 0.1) is 11.3 Å². The lowest BCUT2D eigenvalue weighted by Gasteiger charge is -2.39. The second-order valence-corrected chi connectivity index (χ2v) is 25.7. The first-order valence-corrected chi connectivity index (χ1v) is 31.2. The molecule has 0 saturated carbocycles. The van der Waals surface area contributed by atoms with Crippen LogP contribution in [-0.4, -0.2) is 139 Å². The third-order valence-corrected chi connectivity index (χ3v) is 18.7. The molecule has 6 amide bonds. The first-order valence-electron chi connectivity index (χ1n) is 29.3. The van der Waals surface area contributed by atoms with E-state index in [9.17, 15) is 42.4 Å². The molecule has 21 nitrogen and oxygen atoms in total. The number of anilines is 4. The normalized spacial score (nSPS) is 18.5. The minimum absolute atomic E-state index is 0.0126. The number of carbonyl (C=O) groups excluding carboxylic acids is 6. The lowest BCUT2D eigenvalue weighted by Crippen LogP contribution is -2.54. The number of rotatable bonds is 20. The summed E-state index contributed by atoms with van der Waals surface area (Å²) in [6.45, 7) is 10.6. The number of sulfonamides is 1. The molecular formula is C63H70ClN11O10S. The van der Waals surface area contributed by atoms with Gasteiger partial charge in [-0.15, -0.1) is 0 Å². The van der Waals surface area contributed by atoms with Crippen LogP contribution in [0.15, 0.2) is 114 Å². The molecule has 450 valence electrons. The summed E-state index contributed by atoms with van der Waals surface area (Å²) in [5, 5.41) is 20.5. The number of hydrogen-bond donors (Lipinski definition) is 7. The van der Waals surface area contributed by atoms with Crippen LogP contribution in [0.25, 0.3) is 16.6 Å². The number of hydrogen-bond acceptors (Lipinski definition) is 16. The standard InChI is InChI=1S/C63H70ClN11O10S/c1-63(2)23-19-42(49(35-63)40-9-11-43(64)12-10-40)38-72-28-30-73(31-29-72)44-13-15-47(54(33-44)85-45-32-41-20-25-66-58(41)68-37-45)59(78)71-86(83,84)46-14-16-50(52(34-46)70-82)67-36-39-21-26-74(27-22-39)56(77)8-3-4-24-65-51-7-5-6-48-57(51)62(81)75(61(48)80)53-17-18-55(76)69-60(53)79/h5-7,9-16,20,25,32-34,37,39,53,65,67,70,82H,3-4,8,17-19,21-24,26-31,35-36,38H2,1-2H3,(H,66,68)(H,71,78)(H,69,76,79). The molecule has 0 spiro atoms. The van der Waals surface area contributed by atoms with Gasteiger partial charge < -0.3 is 30.2 Å². The molecule has 7 N–H and O–H groups in total. The summed E-state index contributed by atoms with van der Waals surface area (Å²) < 4.78 is 36.6. The Bertz CT molecular complexity index is 3760. The lowest BCUT2D eigenvalue weighted by molar-refractivity contribution is -0.136. The summed E-state index contributed by atoms with van der Waals surface area (Å²) in [6, 6.07) is 24.9. The number of nitrogens with zero attached hydrogens (tertiary/aromatic N) is 5. The number of imide groups is 2. The fourth-order valence-corrected chi connectivity index (χ4v) is 13.4. The van der Waals surface area contributed by atoms with Gasteiger partial charge in [0.25, 0.3) is 27.7 Å². The quantitative estimate of drug-likeness (QED) is 0.0213. The van der Waals surface area contributed by atoms with Crippen molar-refractivity contribution in [1.29, 1.82) is 0 Å². The van der Waals surface area contributed by atoms with Gasteiger partial charge in [0, 0.05) is 106 Å². The van der Waals surface area contributed by atoms with Crippen LogP contribution in [-0.2, 0) is 24.4 Å². The number of piperidine rings is 2. The number of halogens is 1. The Morgan fingerprint density at radius 3 is 2.40 bits per heavy atom. The predicted octanol–water partition coefficient (Wildman–Crippen LogP) is 9.05. The monoisotopic (exact) mass is 1210 g/mol. The number of nitrogens with one attached hydrogen (secondary N) is 6. The molecule has 0 radical (unpaired) electrons. The molecule has 6 heterocycles. The smallest absolute Gasteiger partial charge is 0.268 e. The number of aromatic amines is 1. The van der Waals surface area contributed by atoms with Crippen LogP contribution >= 0.6 is 11.6 Å². The number of piperazine rings is 1. The van der Waals surface area contributed by atoms with Gasteiger partial charge in [0.1, 0.15) is 23.2 Å². The topological polar surface area (TPSA) is 268 Å². The highest BCUT2D eigenvalue weighted by molar-refractivity contribution is 7.90. The minimum Gasteiger partial charge on any atom is -0.455 e. The first kappa shape index (κ1) is 59.4. The van der Waals surface area contributed by atoms with E-state index in [0.29, 0.717) is 81.1 Å². The Morgan fingerprint density at radius 1 is 0.837 bits per heavy atom. The zero-order chi connectivity index (χ0) is 60.3. The molecule has 5 aliphatic rings. The molecule has 6 aromatic rings. The van der Waals surface area contributed by atoms with Crippen molar-refractivity contribution < 1.29 is 47.1 Å². The van der Waals surface area contributed by atoms with E-state index in [1.807, 2.05) is 23.1 Å². The predicted molar refractivity (Wildman–Crippen MR) is 327 cm³/mol. The van der Waals surface area contributed by atoms with E-state index in [0.717, 1.165) is 73.0 Å². The number of H-pyrrole nitrogens is 1. The number of carbonyl (C=O) groups is 6. The van der Waals surface area contributed by atoms with Crippen molar-refractivity contribution in [2.45, 2.75) is 89.0 Å². The third kappa shape index (κ3) is 13.2. The number of aromatic nitrogens is 2. The number of pyridine rings is 1. The van der Waals surface area contributed by atoms with E-state index in [1.165, 1.54) is 41.1 Å². The molecule has 3 saturated heterocycles. The second-order valence-electron chi connectivity index (χ2n) is 23.6. The van der Waals surface area contributed by atoms with Gasteiger partial charge in [0.15, 0.2) is 0 Å². The average Bonchev–Trinajstić information content (AvgIpc) is 2.16. The van der Waals surface area contributed by atoms with Gasteiger partial charge in [0.2, 0.25) is 17.7 Å². The Morgan fingerprint density at radius 2 is 1.63 bits per heavy atom. The maximum atomic E-state index is 14.2. The summed E-state index contributed by atoms with van der Waals surface area (Å²) >= 11 is 6.27. The zero-order valence-electron chi connectivity index (χ0n) is 48.0. The Labute approximate surface area is 503 Å². The number of likely N-dealkylation sites (tertiary alicyclic amines) is 1. The number of benzene rings is 4. The zero-order valence-corrected chi connectivity index (χ0v) is 49.6. The number of unbranched alkanes of at least 4 members (excludes halogenated alkanes) is 1. The Hall–Kier alpha value is -8.31. The van der Waals surface area contributed by atoms with Gasteiger partial charge in [-0.25, -0.2) is 18.1 Å². The molecule has 23 heteroatoms. The van der Waals surface area contributed by atoms with E-state index < -0.39 is 45.6 Å². The van der Waals surface area contributed by atoms with Gasteiger partial charge in [0.05, 0.1) is 39.2 Å². The van der Waals surface area contributed by atoms with Gasteiger partial charge in [-0.3, -0.25) is 54.6 Å². The minimum atomic E-state index is -4.50. The molecular weight excluding hydrogens is 1140 g/mol. The van der Waals surface area contributed by atoms with Crippen molar-refractivity contribution in [1.82, 2.24) is 34.7 Å². The summed E-state index contributed by atoms with van der Waals surface area (Å²) in [4.78, 5) is 93.0. The lowest BCUT2D eigenvalue weighted by atomic mass is 9.72. The highest BCUT2D eigenvalue weighted by Crippen LogP contribution is 2.44. The van der Waals surface area contributed by atoms with E-state index >= 15 is 0 Å². The molecule has 1 unspecified atom stereocenters. The molecule has 1 atom stereocenters. The summed E-state index contributed by atoms with van der Waals surface area (Å²) in [7, 11) is -4.50. The first-order chi connectivity index (χ1) is 41.4. The van der Waals surface area contributed by atoms with Crippen molar-refractivity contribution >= 4 is 96.4 Å². The van der Waals surface area contributed by atoms with Crippen molar-refractivity contribution in [3.8, 4) is 11.5 Å². The fraction of sp³-hybridized carbons (Fsp3) is 0.381. The molecule has 4 aliphatic heterocycles. The number of amides is 6. The van der Waals surface area contributed by atoms with Crippen LogP contribution in [0.1, 0.15) is 115 Å². The highest BCUT2D eigenvalue weighted by atomic mass is 35.5. The largest absolute Gasteiger partial charge is 0.455 e. The third-order valence-electron chi connectivity index (χ3n) is 17.1. The van der Waals surface area contributed by atoms with Crippen LogP contribution in [0.3, 0.4) is 0 Å². The Kier molecular flexibility index (Phi) is 17.5. The van der Waals surface area contributed by atoms with Crippen LogP contribution in [0.5, 0.6) is 11.5 Å².